The first-order valence-corrected chi connectivity index (χ1v) is 18.9. The van der Waals surface area contributed by atoms with Gasteiger partial charge in [0.15, 0.2) is 0 Å². The molecule has 0 saturated heterocycles. The average molecular weight is 693 g/mol. The molecule has 0 aromatic heterocycles. The lowest BCUT2D eigenvalue weighted by Gasteiger charge is -2.37. The predicted molar refractivity (Wildman–Crippen MR) is 232 cm³/mol. The van der Waals surface area contributed by atoms with Crippen LogP contribution in [0.4, 0.5) is 0 Å². The van der Waals surface area contributed by atoms with E-state index >= 15 is 0 Å². The van der Waals surface area contributed by atoms with Crippen LogP contribution in [0.25, 0.3) is 5.57 Å². The van der Waals surface area contributed by atoms with E-state index in [0.717, 1.165) is 18.6 Å². The standard InChI is InChI=1S/C28H26O.C16H20.C3H8.C2H6.C2H4/c1-4-9-24-20(3)23-11-6-7-12-25(23)28(24)18-29-27-13-8-5-10-22(27)17-21-15-14-19(2)16-26(21)28;1-5-6-7-11-15-12-9-8-10-14(2)16(3,4)13-15;1-3-2;2*1-2/h4-16H,17-18H2,1-3H3;5-12H,1-2,13H2,3-4H3;3H2,1-2H3;1-2H3;1-2H2/b9-4-;7-6-,10-8-,12-9-,15-11-;;;. The van der Waals surface area contributed by atoms with Crippen molar-refractivity contribution >= 4 is 5.57 Å². The summed E-state index contributed by atoms with van der Waals surface area (Å²) in [6.45, 7) is 33.6. The molecule has 3 aromatic rings. The molecule has 0 N–H and O–H groups in total. The van der Waals surface area contributed by atoms with Crippen LogP contribution < -0.4 is 4.74 Å². The van der Waals surface area contributed by atoms with Gasteiger partial charge in [-0.3, -0.25) is 0 Å². The fraction of sp³-hybridized carbons (Fsp3) is 0.294. The number of hydrogen-bond acceptors (Lipinski definition) is 1. The Morgan fingerprint density at radius 3 is 2.17 bits per heavy atom. The lowest BCUT2D eigenvalue weighted by atomic mass is 9.69. The minimum Gasteiger partial charge on any atom is -0.492 e. The van der Waals surface area contributed by atoms with Crippen molar-refractivity contribution in [3.8, 4) is 5.75 Å². The second-order valence-electron chi connectivity index (χ2n) is 13.6. The second-order valence-corrected chi connectivity index (χ2v) is 13.6. The first-order chi connectivity index (χ1) is 25.1. The van der Waals surface area contributed by atoms with Crippen LogP contribution >= 0.6 is 0 Å². The third kappa shape index (κ3) is 10.3. The Morgan fingerprint density at radius 2 is 1.48 bits per heavy atom. The molecule has 1 aliphatic heterocycles. The van der Waals surface area contributed by atoms with Gasteiger partial charge in [0.1, 0.15) is 12.4 Å². The Labute approximate surface area is 318 Å². The molecule has 1 nitrogen and oxygen atoms in total. The third-order valence-corrected chi connectivity index (χ3v) is 9.30. The summed E-state index contributed by atoms with van der Waals surface area (Å²) in [6.07, 6.45) is 23.8. The van der Waals surface area contributed by atoms with E-state index < -0.39 is 0 Å². The van der Waals surface area contributed by atoms with Gasteiger partial charge >= 0.3 is 0 Å². The van der Waals surface area contributed by atoms with Gasteiger partial charge in [0, 0.05) is 6.42 Å². The molecule has 1 spiro atoms. The van der Waals surface area contributed by atoms with Crippen LogP contribution in [-0.4, -0.2) is 6.61 Å². The van der Waals surface area contributed by atoms with Gasteiger partial charge in [-0.25, -0.2) is 0 Å². The number of allylic oxidation sites excluding steroid dienone is 13. The van der Waals surface area contributed by atoms with Crippen molar-refractivity contribution in [2.45, 2.75) is 87.0 Å². The highest BCUT2D eigenvalue weighted by atomic mass is 16.5. The molecular formula is C51H64O. The van der Waals surface area contributed by atoms with E-state index in [2.05, 4.69) is 178 Å². The van der Waals surface area contributed by atoms with Crippen LogP contribution in [0.2, 0.25) is 0 Å². The lowest BCUT2D eigenvalue weighted by molar-refractivity contribution is 0.261. The van der Waals surface area contributed by atoms with Gasteiger partial charge in [-0.05, 0) is 88.8 Å². The van der Waals surface area contributed by atoms with Gasteiger partial charge in [-0.1, -0.05) is 188 Å². The number of aryl methyl sites for hydroxylation is 1. The molecule has 1 unspecified atom stereocenters. The molecule has 1 atom stereocenters. The minimum absolute atomic E-state index is 0.120. The Kier molecular flexibility index (Phi) is 17.9. The van der Waals surface area contributed by atoms with E-state index in [-0.39, 0.29) is 10.8 Å². The molecule has 0 bridgehead atoms. The molecule has 0 fully saturated rings. The zero-order valence-electron chi connectivity index (χ0n) is 33.7. The number of ether oxygens (including phenoxy) is 1. The maximum atomic E-state index is 6.58. The van der Waals surface area contributed by atoms with E-state index in [4.69, 9.17) is 4.74 Å². The fourth-order valence-corrected chi connectivity index (χ4v) is 6.80. The Bertz CT molecular complexity index is 1810. The number of fused-ring (bicyclic) bond motifs is 5. The number of hydrogen-bond donors (Lipinski definition) is 0. The molecule has 0 amide bonds. The van der Waals surface area contributed by atoms with E-state index in [1.807, 2.05) is 32.1 Å². The smallest absolute Gasteiger partial charge is 0.122 e. The van der Waals surface area contributed by atoms with Crippen LogP contribution in [0.3, 0.4) is 0 Å². The quantitative estimate of drug-likeness (QED) is 0.196. The lowest BCUT2D eigenvalue weighted by Crippen LogP contribution is -2.37. The molecule has 0 saturated carbocycles. The van der Waals surface area contributed by atoms with Crippen molar-refractivity contribution in [3.63, 3.8) is 0 Å². The highest BCUT2D eigenvalue weighted by Gasteiger charge is 2.47. The summed E-state index contributed by atoms with van der Waals surface area (Å²) in [6, 6.07) is 24.3. The minimum atomic E-state index is -0.290. The second kappa shape index (κ2) is 21.5. The summed E-state index contributed by atoms with van der Waals surface area (Å²) >= 11 is 0. The van der Waals surface area contributed by atoms with E-state index in [1.165, 1.54) is 62.1 Å². The Balaban J connectivity index is 0.000000346. The summed E-state index contributed by atoms with van der Waals surface area (Å²) in [4.78, 5) is 0. The van der Waals surface area contributed by atoms with Crippen molar-refractivity contribution < 1.29 is 4.74 Å². The first-order valence-electron chi connectivity index (χ1n) is 18.9. The predicted octanol–water partition coefficient (Wildman–Crippen LogP) is 14.6. The van der Waals surface area contributed by atoms with Crippen molar-refractivity contribution in [1.82, 2.24) is 0 Å². The molecule has 2 aliphatic carbocycles. The van der Waals surface area contributed by atoms with Crippen molar-refractivity contribution in [1.29, 1.82) is 0 Å². The molecule has 1 heteroatoms. The molecule has 0 radical (unpaired) electrons. The number of benzene rings is 3. The van der Waals surface area contributed by atoms with Gasteiger partial charge in [-0.15, -0.1) is 13.2 Å². The topological polar surface area (TPSA) is 9.23 Å². The van der Waals surface area contributed by atoms with Crippen LogP contribution in [0.15, 0.2) is 171 Å². The van der Waals surface area contributed by atoms with Crippen LogP contribution in [0, 0.1) is 12.3 Å². The van der Waals surface area contributed by atoms with Gasteiger partial charge in [-0.2, -0.15) is 0 Å². The first kappa shape index (κ1) is 43.3. The van der Waals surface area contributed by atoms with Gasteiger partial charge in [0.2, 0.25) is 0 Å². The largest absolute Gasteiger partial charge is 0.492 e. The van der Waals surface area contributed by atoms with Crippen LogP contribution in [0.5, 0.6) is 5.75 Å². The Morgan fingerprint density at radius 1 is 0.827 bits per heavy atom. The van der Waals surface area contributed by atoms with Gasteiger partial charge in [0.05, 0.1) is 5.41 Å². The Hall–Kier alpha value is -4.88. The SMILES string of the molecule is C/C=C\C1=C(C)c2ccccc2C12COc1ccccc1Cc1ccc(C)cc12.C=C.C=C\C=C/C=C1/C=C\C=C/C(=C)C(C)(C)C1.CC.CCC. The van der Waals surface area contributed by atoms with Crippen molar-refractivity contribution in [2.75, 3.05) is 6.61 Å². The summed E-state index contributed by atoms with van der Waals surface area (Å²) < 4.78 is 6.58. The molecule has 52 heavy (non-hydrogen) atoms. The molecule has 1 heterocycles. The van der Waals surface area contributed by atoms with Crippen LogP contribution in [-0.2, 0) is 11.8 Å². The maximum absolute atomic E-state index is 6.58. The van der Waals surface area contributed by atoms with Crippen molar-refractivity contribution in [2.24, 2.45) is 5.41 Å². The summed E-state index contributed by atoms with van der Waals surface area (Å²) in [5.41, 5.74) is 13.0. The summed E-state index contributed by atoms with van der Waals surface area (Å²) in [5.74, 6) is 1.000. The number of rotatable bonds is 3. The van der Waals surface area contributed by atoms with Crippen LogP contribution in [0.1, 0.15) is 102 Å². The molecular weight excluding hydrogens is 629 g/mol. The van der Waals surface area contributed by atoms with Crippen molar-refractivity contribution in [3.05, 3.63) is 204 Å². The fourth-order valence-electron chi connectivity index (χ4n) is 6.80. The molecule has 6 rings (SSSR count). The zero-order valence-corrected chi connectivity index (χ0v) is 33.7. The average Bonchev–Trinajstić information content (AvgIpc) is 3.38. The molecule has 3 aromatic carbocycles. The summed E-state index contributed by atoms with van der Waals surface area (Å²) in [7, 11) is 0. The third-order valence-electron chi connectivity index (χ3n) is 9.30. The number of para-hydroxylation sites is 1. The molecule has 3 aliphatic rings. The highest BCUT2D eigenvalue weighted by molar-refractivity contribution is 5.84. The van der Waals surface area contributed by atoms with E-state index in [1.54, 1.807) is 6.08 Å². The van der Waals surface area contributed by atoms with E-state index in [9.17, 15) is 0 Å². The van der Waals surface area contributed by atoms with E-state index in [0.29, 0.717) is 6.61 Å². The summed E-state index contributed by atoms with van der Waals surface area (Å²) in [5, 5.41) is 0. The monoisotopic (exact) mass is 692 g/mol. The van der Waals surface area contributed by atoms with Gasteiger partial charge in [0.25, 0.3) is 0 Å². The van der Waals surface area contributed by atoms with Gasteiger partial charge < -0.3 is 4.74 Å². The zero-order chi connectivity index (χ0) is 38.7. The molecule has 274 valence electrons. The maximum Gasteiger partial charge on any atom is 0.122 e. The normalized spacial score (nSPS) is 19.9. The highest BCUT2D eigenvalue weighted by Crippen LogP contribution is 2.53.